The first kappa shape index (κ1) is 15.4. The first-order valence-electron chi connectivity index (χ1n) is 5.73. The number of primary sulfonamides is 1. The van der Waals surface area contributed by atoms with Crippen LogP contribution in [0.25, 0.3) is 0 Å². The molecule has 0 amide bonds. The maximum atomic E-state index is 10.8. The largest absolute Gasteiger partial charge is 0.467 e. The molecule has 0 aliphatic rings. The molecular formula is C9H18N6O3S. The van der Waals surface area contributed by atoms with Gasteiger partial charge in [0.2, 0.25) is 21.9 Å². The number of nitrogens with two attached hydrogens (primary N) is 1. The van der Waals surface area contributed by atoms with Gasteiger partial charge in [-0.25, -0.2) is 13.6 Å². The van der Waals surface area contributed by atoms with E-state index in [0.717, 1.165) is 6.42 Å². The van der Waals surface area contributed by atoms with Crippen molar-refractivity contribution in [2.45, 2.75) is 13.3 Å². The van der Waals surface area contributed by atoms with E-state index in [1.54, 1.807) is 0 Å². The Morgan fingerprint density at radius 3 is 2.21 bits per heavy atom. The summed E-state index contributed by atoms with van der Waals surface area (Å²) in [7, 11) is -2.08. The summed E-state index contributed by atoms with van der Waals surface area (Å²) in [5, 5.41) is 10.6. The van der Waals surface area contributed by atoms with E-state index in [0.29, 0.717) is 12.5 Å². The molecule has 9 nitrogen and oxygen atoms in total. The summed E-state index contributed by atoms with van der Waals surface area (Å²) >= 11 is 0. The van der Waals surface area contributed by atoms with Gasteiger partial charge >= 0.3 is 6.01 Å². The van der Waals surface area contributed by atoms with Crippen LogP contribution in [0, 0.1) is 0 Å². The van der Waals surface area contributed by atoms with E-state index in [9.17, 15) is 8.42 Å². The first-order valence-corrected chi connectivity index (χ1v) is 7.44. The van der Waals surface area contributed by atoms with Crippen LogP contribution in [0.3, 0.4) is 0 Å². The molecule has 1 heterocycles. The molecule has 1 aromatic heterocycles. The van der Waals surface area contributed by atoms with Gasteiger partial charge in [-0.05, 0) is 6.42 Å². The molecule has 1 aromatic rings. The van der Waals surface area contributed by atoms with E-state index in [1.807, 2.05) is 6.92 Å². The number of hydrogen-bond donors (Lipinski definition) is 3. The van der Waals surface area contributed by atoms with Gasteiger partial charge in [-0.3, -0.25) is 0 Å². The second kappa shape index (κ2) is 7.04. The van der Waals surface area contributed by atoms with E-state index in [2.05, 4.69) is 25.6 Å². The third-order valence-corrected chi connectivity index (χ3v) is 2.77. The minimum absolute atomic E-state index is 0.110. The lowest BCUT2D eigenvalue weighted by Gasteiger charge is -2.08. The maximum Gasteiger partial charge on any atom is 0.322 e. The number of aromatic nitrogens is 3. The van der Waals surface area contributed by atoms with E-state index in [-0.39, 0.29) is 24.3 Å². The van der Waals surface area contributed by atoms with Crippen LogP contribution in [-0.4, -0.2) is 49.3 Å². The third-order valence-electron chi connectivity index (χ3n) is 2.00. The summed E-state index contributed by atoms with van der Waals surface area (Å²) in [5.74, 6) is 0.388. The fraction of sp³-hybridized carbons (Fsp3) is 0.667. The number of methoxy groups -OCH3 is 1. The molecule has 4 N–H and O–H groups in total. The van der Waals surface area contributed by atoms with Gasteiger partial charge in [0, 0.05) is 13.1 Å². The van der Waals surface area contributed by atoms with Crippen LogP contribution in [0.2, 0.25) is 0 Å². The van der Waals surface area contributed by atoms with Crippen LogP contribution in [0.15, 0.2) is 0 Å². The Kier molecular flexibility index (Phi) is 5.70. The standard InChI is InChI=1S/C9H18N6O3S/c1-3-4-11-7-13-8(15-9(14-7)18-2)12-5-6-19(10,16)17/h3-6H2,1-2H3,(H2,10,16,17)(H2,11,12,13,14,15). The van der Waals surface area contributed by atoms with E-state index >= 15 is 0 Å². The van der Waals surface area contributed by atoms with Gasteiger partial charge in [-0.15, -0.1) is 0 Å². The fourth-order valence-corrected chi connectivity index (χ4v) is 1.53. The molecule has 0 radical (unpaired) electrons. The molecule has 0 atom stereocenters. The third kappa shape index (κ3) is 6.15. The van der Waals surface area contributed by atoms with Gasteiger partial charge in [-0.1, -0.05) is 6.92 Å². The Morgan fingerprint density at radius 2 is 1.74 bits per heavy atom. The number of sulfonamides is 1. The highest BCUT2D eigenvalue weighted by atomic mass is 32.2. The summed E-state index contributed by atoms with van der Waals surface area (Å²) in [5.41, 5.74) is 0. The molecule has 19 heavy (non-hydrogen) atoms. The molecule has 0 aliphatic carbocycles. The molecule has 1 rings (SSSR count). The molecule has 0 unspecified atom stereocenters. The number of rotatable bonds is 8. The quantitative estimate of drug-likeness (QED) is 0.578. The topological polar surface area (TPSA) is 132 Å². The van der Waals surface area contributed by atoms with Crippen molar-refractivity contribution in [1.82, 2.24) is 15.0 Å². The summed E-state index contributed by atoms with van der Waals surface area (Å²) in [6.45, 7) is 2.83. The normalized spacial score (nSPS) is 11.1. The second-order valence-electron chi connectivity index (χ2n) is 3.69. The van der Waals surface area contributed by atoms with Crippen molar-refractivity contribution in [2.24, 2.45) is 5.14 Å². The van der Waals surface area contributed by atoms with Crippen LogP contribution in [0.1, 0.15) is 13.3 Å². The smallest absolute Gasteiger partial charge is 0.322 e. The number of ether oxygens (including phenoxy) is 1. The SMILES string of the molecule is CCCNc1nc(NCCS(N)(=O)=O)nc(OC)n1. The van der Waals surface area contributed by atoms with Crippen molar-refractivity contribution in [2.75, 3.05) is 36.6 Å². The summed E-state index contributed by atoms with van der Waals surface area (Å²) in [6.07, 6.45) is 0.919. The highest BCUT2D eigenvalue weighted by Gasteiger charge is 2.07. The molecule has 0 fully saturated rings. The average Bonchev–Trinajstić information content (AvgIpc) is 2.34. The lowest BCUT2D eigenvalue weighted by molar-refractivity contribution is 0.379. The van der Waals surface area contributed by atoms with Gasteiger partial charge in [-0.2, -0.15) is 15.0 Å². The molecule has 0 saturated heterocycles. The van der Waals surface area contributed by atoms with E-state index in [1.165, 1.54) is 7.11 Å². The number of nitrogens with one attached hydrogen (secondary N) is 2. The molecular weight excluding hydrogens is 272 g/mol. The van der Waals surface area contributed by atoms with Crippen LogP contribution in [-0.2, 0) is 10.0 Å². The molecule has 0 aliphatic heterocycles. The predicted octanol–water partition coefficient (Wildman–Crippen LogP) is -0.597. The lowest BCUT2D eigenvalue weighted by Crippen LogP contribution is -2.23. The predicted molar refractivity (Wildman–Crippen MR) is 71.6 cm³/mol. The first-order chi connectivity index (χ1) is 8.94. The zero-order valence-corrected chi connectivity index (χ0v) is 11.7. The monoisotopic (exact) mass is 290 g/mol. The Hall–Kier alpha value is -1.68. The molecule has 0 bridgehead atoms. The maximum absolute atomic E-state index is 10.8. The zero-order chi connectivity index (χ0) is 14.3. The Morgan fingerprint density at radius 1 is 1.16 bits per heavy atom. The number of hydrogen-bond acceptors (Lipinski definition) is 8. The highest BCUT2D eigenvalue weighted by Crippen LogP contribution is 2.10. The van der Waals surface area contributed by atoms with E-state index < -0.39 is 10.0 Å². The van der Waals surface area contributed by atoms with Crippen LogP contribution < -0.4 is 20.5 Å². The second-order valence-corrected chi connectivity index (χ2v) is 5.42. The van der Waals surface area contributed by atoms with Gasteiger partial charge in [0.15, 0.2) is 0 Å². The van der Waals surface area contributed by atoms with Crippen molar-refractivity contribution in [3.05, 3.63) is 0 Å². The minimum Gasteiger partial charge on any atom is -0.467 e. The van der Waals surface area contributed by atoms with Gasteiger partial charge < -0.3 is 15.4 Å². The molecule has 10 heteroatoms. The van der Waals surface area contributed by atoms with Gasteiger partial charge in [0.25, 0.3) is 0 Å². The zero-order valence-electron chi connectivity index (χ0n) is 10.9. The van der Waals surface area contributed by atoms with Crippen LogP contribution >= 0.6 is 0 Å². The van der Waals surface area contributed by atoms with Crippen molar-refractivity contribution < 1.29 is 13.2 Å². The lowest BCUT2D eigenvalue weighted by atomic mass is 10.5. The van der Waals surface area contributed by atoms with Crippen molar-refractivity contribution in [3.8, 4) is 6.01 Å². The number of nitrogens with zero attached hydrogens (tertiary/aromatic N) is 3. The molecule has 0 spiro atoms. The molecule has 0 aromatic carbocycles. The van der Waals surface area contributed by atoms with Crippen LogP contribution in [0.5, 0.6) is 6.01 Å². The van der Waals surface area contributed by atoms with Crippen molar-refractivity contribution in [3.63, 3.8) is 0 Å². The Labute approximate surface area is 112 Å². The van der Waals surface area contributed by atoms with Gasteiger partial charge in [0.1, 0.15) is 0 Å². The van der Waals surface area contributed by atoms with Crippen molar-refractivity contribution in [1.29, 1.82) is 0 Å². The van der Waals surface area contributed by atoms with E-state index in [4.69, 9.17) is 9.88 Å². The summed E-state index contributed by atoms with van der Waals surface area (Å²) in [6, 6.07) is 0.145. The van der Waals surface area contributed by atoms with Crippen LogP contribution in [0.4, 0.5) is 11.9 Å². The molecule has 0 saturated carbocycles. The number of anilines is 2. The highest BCUT2D eigenvalue weighted by molar-refractivity contribution is 7.89. The summed E-state index contributed by atoms with van der Waals surface area (Å²) < 4.78 is 26.5. The fourth-order valence-electron chi connectivity index (χ4n) is 1.15. The van der Waals surface area contributed by atoms with Gasteiger partial charge in [0.05, 0.1) is 12.9 Å². The Bertz CT molecular complexity index is 507. The molecule has 108 valence electrons. The average molecular weight is 290 g/mol. The summed E-state index contributed by atoms with van der Waals surface area (Å²) in [4.78, 5) is 12.0. The Balaban J connectivity index is 2.70. The van der Waals surface area contributed by atoms with Crippen molar-refractivity contribution >= 4 is 21.9 Å². The minimum atomic E-state index is -3.51.